The first kappa shape index (κ1) is 14.6. The Morgan fingerprint density at radius 1 is 1.40 bits per heavy atom. The molecule has 90 valence electrons. The highest BCUT2D eigenvalue weighted by Gasteiger charge is 2.12. The van der Waals surface area contributed by atoms with Crippen LogP contribution in [0, 0.1) is 0 Å². The van der Waals surface area contributed by atoms with Crippen LogP contribution in [0.2, 0.25) is 0 Å². The lowest BCUT2D eigenvalue weighted by atomic mass is 10.3. The van der Waals surface area contributed by atoms with Crippen LogP contribution in [0.4, 0.5) is 0 Å². The molecule has 5 heteroatoms. The van der Waals surface area contributed by atoms with Crippen molar-refractivity contribution in [2.24, 2.45) is 0 Å². The van der Waals surface area contributed by atoms with Gasteiger partial charge in [0.1, 0.15) is 0 Å². The van der Waals surface area contributed by atoms with Gasteiger partial charge in [-0.25, -0.2) is 0 Å². The summed E-state index contributed by atoms with van der Waals surface area (Å²) in [6.07, 6.45) is 1.67. The lowest BCUT2D eigenvalue weighted by Crippen LogP contribution is -2.43. The summed E-state index contributed by atoms with van der Waals surface area (Å²) >= 11 is 0. The molecule has 4 nitrogen and oxygen atoms in total. The SMILES string of the molecule is CC(CS(C)=O)NCC(=O)N(C)C(C)C. The predicted octanol–water partition coefficient (Wildman–Crippen LogP) is 0.210. The van der Waals surface area contributed by atoms with Gasteiger partial charge in [-0.15, -0.1) is 0 Å². The molecule has 0 aromatic rings. The predicted molar refractivity (Wildman–Crippen MR) is 64.3 cm³/mol. The monoisotopic (exact) mass is 234 g/mol. The van der Waals surface area contributed by atoms with Crippen LogP contribution >= 0.6 is 0 Å². The largest absolute Gasteiger partial charge is 0.342 e. The fourth-order valence-corrected chi connectivity index (χ4v) is 1.91. The van der Waals surface area contributed by atoms with Crippen molar-refractivity contribution in [1.29, 1.82) is 0 Å². The van der Waals surface area contributed by atoms with Crippen molar-refractivity contribution < 1.29 is 9.00 Å². The molecule has 0 saturated heterocycles. The van der Waals surface area contributed by atoms with E-state index in [2.05, 4.69) is 5.32 Å². The lowest BCUT2D eigenvalue weighted by Gasteiger charge is -2.22. The maximum atomic E-state index is 11.6. The van der Waals surface area contributed by atoms with Gasteiger partial charge in [0.15, 0.2) is 0 Å². The Morgan fingerprint density at radius 3 is 2.33 bits per heavy atom. The number of nitrogens with zero attached hydrogens (tertiary/aromatic N) is 1. The number of amides is 1. The van der Waals surface area contributed by atoms with E-state index >= 15 is 0 Å². The molecule has 1 N–H and O–H groups in total. The number of hydrogen-bond donors (Lipinski definition) is 1. The molecule has 2 atom stereocenters. The summed E-state index contributed by atoms with van der Waals surface area (Å²) in [6.45, 7) is 6.20. The zero-order valence-electron chi connectivity index (χ0n) is 10.2. The van der Waals surface area contributed by atoms with Gasteiger partial charge in [-0.05, 0) is 20.8 Å². The highest BCUT2D eigenvalue weighted by atomic mass is 32.2. The molecule has 0 heterocycles. The molecule has 2 unspecified atom stereocenters. The average Bonchev–Trinajstić information content (AvgIpc) is 2.11. The van der Waals surface area contributed by atoms with E-state index in [9.17, 15) is 9.00 Å². The van der Waals surface area contributed by atoms with Gasteiger partial charge in [0.25, 0.3) is 0 Å². The van der Waals surface area contributed by atoms with Crippen molar-refractivity contribution >= 4 is 16.7 Å². The van der Waals surface area contributed by atoms with Crippen LogP contribution in [0.1, 0.15) is 20.8 Å². The Hall–Kier alpha value is -0.420. The molecule has 0 radical (unpaired) electrons. The highest BCUT2D eigenvalue weighted by molar-refractivity contribution is 7.84. The number of hydrogen-bond acceptors (Lipinski definition) is 3. The molecule has 0 aliphatic heterocycles. The Labute approximate surface area is 94.9 Å². The molecule has 0 aromatic carbocycles. The van der Waals surface area contributed by atoms with E-state index in [-0.39, 0.29) is 18.0 Å². The average molecular weight is 234 g/mol. The molecule has 0 fully saturated rings. The smallest absolute Gasteiger partial charge is 0.236 e. The summed E-state index contributed by atoms with van der Waals surface area (Å²) in [4.78, 5) is 13.3. The first-order chi connectivity index (χ1) is 6.84. The summed E-state index contributed by atoms with van der Waals surface area (Å²) in [5.74, 6) is 0.650. The highest BCUT2D eigenvalue weighted by Crippen LogP contribution is 1.94. The first-order valence-corrected chi connectivity index (χ1v) is 6.86. The van der Waals surface area contributed by atoms with E-state index in [0.717, 1.165) is 0 Å². The molecule has 0 aliphatic rings. The topological polar surface area (TPSA) is 49.4 Å². The third kappa shape index (κ3) is 6.62. The standard InChI is InChI=1S/C10H22N2O2S/c1-8(2)12(4)10(13)6-11-9(3)7-15(5)14/h8-9,11H,6-7H2,1-5H3. The van der Waals surface area contributed by atoms with Crippen LogP contribution in [0.25, 0.3) is 0 Å². The molecular formula is C10H22N2O2S. The Kier molecular flexibility index (Phi) is 6.76. The third-order valence-electron chi connectivity index (χ3n) is 2.25. The van der Waals surface area contributed by atoms with Crippen molar-refractivity contribution in [3.8, 4) is 0 Å². The Balaban J connectivity index is 3.85. The summed E-state index contributed by atoms with van der Waals surface area (Å²) < 4.78 is 10.9. The van der Waals surface area contributed by atoms with Crippen LogP contribution in [0.3, 0.4) is 0 Å². The summed E-state index contributed by atoms with van der Waals surface area (Å²) in [5, 5.41) is 3.07. The van der Waals surface area contributed by atoms with Gasteiger partial charge in [0.2, 0.25) is 5.91 Å². The molecule has 1 amide bonds. The quantitative estimate of drug-likeness (QED) is 0.715. The molecule has 0 rings (SSSR count). The number of rotatable bonds is 6. The molecule has 0 spiro atoms. The van der Waals surface area contributed by atoms with Gasteiger partial charge in [-0.1, -0.05) is 0 Å². The van der Waals surface area contributed by atoms with Crippen molar-refractivity contribution in [3.63, 3.8) is 0 Å². The second kappa shape index (κ2) is 6.95. The minimum absolute atomic E-state index is 0.0683. The summed E-state index contributed by atoms with van der Waals surface area (Å²) in [7, 11) is 0.972. The van der Waals surface area contributed by atoms with Crippen molar-refractivity contribution in [2.75, 3.05) is 25.6 Å². The van der Waals surface area contributed by atoms with E-state index in [1.54, 1.807) is 18.2 Å². The third-order valence-corrected chi connectivity index (χ3v) is 3.22. The number of nitrogens with one attached hydrogen (secondary N) is 1. The van der Waals surface area contributed by atoms with E-state index in [4.69, 9.17) is 0 Å². The summed E-state index contributed by atoms with van der Waals surface area (Å²) in [6, 6.07) is 0.329. The maximum Gasteiger partial charge on any atom is 0.236 e. The molecular weight excluding hydrogens is 212 g/mol. The fourth-order valence-electron chi connectivity index (χ4n) is 1.09. The molecule has 0 aromatic heterocycles. The van der Waals surface area contributed by atoms with Crippen molar-refractivity contribution in [3.05, 3.63) is 0 Å². The van der Waals surface area contributed by atoms with E-state index in [1.165, 1.54) is 0 Å². The van der Waals surface area contributed by atoms with Crippen LogP contribution < -0.4 is 5.32 Å². The van der Waals surface area contributed by atoms with Crippen LogP contribution in [-0.4, -0.2) is 52.7 Å². The zero-order chi connectivity index (χ0) is 12.0. The maximum absolute atomic E-state index is 11.6. The minimum atomic E-state index is -0.817. The van der Waals surface area contributed by atoms with Crippen LogP contribution in [0.15, 0.2) is 0 Å². The zero-order valence-corrected chi connectivity index (χ0v) is 11.1. The van der Waals surface area contributed by atoms with Crippen LogP contribution in [0.5, 0.6) is 0 Å². The molecule has 0 bridgehead atoms. The van der Waals surface area contributed by atoms with Crippen molar-refractivity contribution in [2.45, 2.75) is 32.9 Å². The Morgan fingerprint density at radius 2 is 1.93 bits per heavy atom. The van der Waals surface area contributed by atoms with Gasteiger partial charge in [-0.3, -0.25) is 9.00 Å². The van der Waals surface area contributed by atoms with Gasteiger partial charge >= 0.3 is 0 Å². The number of likely N-dealkylation sites (N-methyl/N-ethyl adjacent to an activating group) is 1. The second-order valence-electron chi connectivity index (χ2n) is 4.12. The summed E-state index contributed by atoms with van der Waals surface area (Å²) in [5.41, 5.74) is 0. The lowest BCUT2D eigenvalue weighted by molar-refractivity contribution is -0.130. The van der Waals surface area contributed by atoms with E-state index in [1.807, 2.05) is 20.8 Å². The van der Waals surface area contributed by atoms with Crippen molar-refractivity contribution in [1.82, 2.24) is 10.2 Å². The van der Waals surface area contributed by atoms with E-state index < -0.39 is 10.8 Å². The second-order valence-corrected chi connectivity index (χ2v) is 5.60. The normalized spacial score (nSPS) is 15.1. The minimum Gasteiger partial charge on any atom is -0.342 e. The number of carbonyl (C=O) groups is 1. The van der Waals surface area contributed by atoms with Crippen LogP contribution in [-0.2, 0) is 15.6 Å². The van der Waals surface area contributed by atoms with E-state index in [0.29, 0.717) is 12.3 Å². The number of carbonyl (C=O) groups excluding carboxylic acids is 1. The fraction of sp³-hybridized carbons (Fsp3) is 0.900. The van der Waals surface area contributed by atoms with Gasteiger partial charge in [0.05, 0.1) is 6.54 Å². The molecule has 0 saturated carbocycles. The molecule has 15 heavy (non-hydrogen) atoms. The Bertz CT molecular complexity index is 231. The van der Waals surface area contributed by atoms with Gasteiger partial charge in [-0.2, -0.15) is 0 Å². The van der Waals surface area contributed by atoms with Gasteiger partial charge < -0.3 is 10.2 Å². The first-order valence-electron chi connectivity index (χ1n) is 5.13. The van der Waals surface area contributed by atoms with Gasteiger partial charge in [0, 0.05) is 41.9 Å². The molecule has 0 aliphatic carbocycles.